The fourth-order valence-corrected chi connectivity index (χ4v) is 2.34. The molecule has 0 saturated heterocycles. The molecular weight excluding hydrogens is 367 g/mol. The van der Waals surface area contributed by atoms with E-state index >= 15 is 0 Å². The van der Waals surface area contributed by atoms with Crippen molar-refractivity contribution < 1.29 is 23.2 Å². The first-order valence-corrected chi connectivity index (χ1v) is 8.80. The second-order valence-corrected chi connectivity index (χ2v) is 6.02. The second kappa shape index (κ2) is 10.8. The molecule has 3 N–H and O–H groups in total. The average Bonchev–Trinajstić information content (AvgIpc) is 3.19. The highest BCUT2D eigenvalue weighted by atomic mass is 19.1. The standard InChI is InChI=1S/C19H23FN4O4/c1-2-24(12-17(25)21-10-14-5-7-15(20)8-6-14)13-18(26)23-19(27)22-11-16-4-3-9-28-16/h3-9H,2,10-13H2,1H3,(H,21,25)(H2,22,23,26,27). The van der Waals surface area contributed by atoms with Crippen molar-refractivity contribution in [3.8, 4) is 0 Å². The van der Waals surface area contributed by atoms with Crippen LogP contribution in [0, 0.1) is 5.82 Å². The quantitative estimate of drug-likeness (QED) is 0.600. The van der Waals surface area contributed by atoms with E-state index in [1.165, 1.54) is 18.4 Å². The van der Waals surface area contributed by atoms with Crippen molar-refractivity contribution in [3.05, 3.63) is 59.8 Å². The first-order valence-electron chi connectivity index (χ1n) is 8.80. The summed E-state index contributed by atoms with van der Waals surface area (Å²) in [6.07, 6.45) is 1.49. The Morgan fingerprint density at radius 3 is 2.36 bits per heavy atom. The van der Waals surface area contributed by atoms with Crippen molar-refractivity contribution in [1.82, 2.24) is 20.9 Å². The molecule has 150 valence electrons. The van der Waals surface area contributed by atoms with Gasteiger partial charge in [0.05, 0.1) is 25.9 Å². The molecule has 1 aromatic carbocycles. The van der Waals surface area contributed by atoms with Crippen LogP contribution in [0.15, 0.2) is 47.1 Å². The van der Waals surface area contributed by atoms with Gasteiger partial charge in [0.15, 0.2) is 0 Å². The molecule has 0 radical (unpaired) electrons. The summed E-state index contributed by atoms with van der Waals surface area (Å²) in [5, 5.41) is 7.41. The summed E-state index contributed by atoms with van der Waals surface area (Å²) in [6, 6.07) is 8.57. The highest BCUT2D eigenvalue weighted by Gasteiger charge is 2.15. The fraction of sp³-hybridized carbons (Fsp3) is 0.316. The lowest BCUT2D eigenvalue weighted by Crippen LogP contribution is -2.46. The molecule has 0 aliphatic heterocycles. The molecule has 2 aromatic rings. The van der Waals surface area contributed by atoms with Crippen LogP contribution in [0.5, 0.6) is 0 Å². The summed E-state index contributed by atoms with van der Waals surface area (Å²) >= 11 is 0. The summed E-state index contributed by atoms with van der Waals surface area (Å²) in [7, 11) is 0. The molecule has 0 saturated carbocycles. The molecule has 8 nitrogen and oxygen atoms in total. The van der Waals surface area contributed by atoms with Gasteiger partial charge in [-0.2, -0.15) is 0 Å². The van der Waals surface area contributed by atoms with Crippen molar-refractivity contribution in [2.24, 2.45) is 0 Å². The molecule has 0 fully saturated rings. The Morgan fingerprint density at radius 1 is 1.00 bits per heavy atom. The van der Waals surface area contributed by atoms with Gasteiger partial charge in [0.1, 0.15) is 11.6 Å². The van der Waals surface area contributed by atoms with Gasteiger partial charge in [0.2, 0.25) is 11.8 Å². The lowest BCUT2D eigenvalue weighted by molar-refractivity contribution is -0.124. The number of urea groups is 1. The normalized spacial score (nSPS) is 10.5. The molecule has 1 aromatic heterocycles. The summed E-state index contributed by atoms with van der Waals surface area (Å²) in [5.41, 5.74) is 0.767. The van der Waals surface area contributed by atoms with E-state index < -0.39 is 11.9 Å². The summed E-state index contributed by atoms with van der Waals surface area (Å²) in [6.45, 7) is 2.57. The van der Waals surface area contributed by atoms with Gasteiger partial charge in [-0.25, -0.2) is 9.18 Å². The number of nitrogens with one attached hydrogen (secondary N) is 3. The van der Waals surface area contributed by atoms with Crippen LogP contribution in [0.3, 0.4) is 0 Å². The lowest BCUT2D eigenvalue weighted by atomic mass is 10.2. The Hall–Kier alpha value is -3.20. The van der Waals surface area contributed by atoms with Gasteiger partial charge in [0, 0.05) is 6.54 Å². The largest absolute Gasteiger partial charge is 0.467 e. The Labute approximate surface area is 162 Å². The number of furan rings is 1. The van der Waals surface area contributed by atoms with E-state index in [4.69, 9.17) is 4.42 Å². The molecular formula is C19H23FN4O4. The molecule has 1 heterocycles. The SMILES string of the molecule is CCN(CC(=O)NCc1ccc(F)cc1)CC(=O)NC(=O)NCc1ccco1. The predicted molar refractivity (Wildman–Crippen MR) is 99.4 cm³/mol. The highest BCUT2D eigenvalue weighted by molar-refractivity contribution is 5.95. The van der Waals surface area contributed by atoms with Crippen molar-refractivity contribution >= 4 is 17.8 Å². The third-order valence-electron chi connectivity index (χ3n) is 3.84. The molecule has 0 unspecified atom stereocenters. The number of rotatable bonds is 9. The molecule has 0 aliphatic carbocycles. The van der Waals surface area contributed by atoms with Gasteiger partial charge < -0.3 is 15.1 Å². The van der Waals surface area contributed by atoms with E-state index in [1.807, 2.05) is 0 Å². The Bertz CT molecular complexity index is 778. The van der Waals surface area contributed by atoms with E-state index in [2.05, 4.69) is 16.0 Å². The number of imide groups is 1. The Balaban J connectivity index is 1.69. The van der Waals surface area contributed by atoms with Crippen LogP contribution in [-0.2, 0) is 22.7 Å². The van der Waals surface area contributed by atoms with Gasteiger partial charge >= 0.3 is 6.03 Å². The van der Waals surface area contributed by atoms with Gasteiger partial charge in [-0.15, -0.1) is 0 Å². The zero-order valence-corrected chi connectivity index (χ0v) is 15.5. The summed E-state index contributed by atoms with van der Waals surface area (Å²) < 4.78 is 17.9. The predicted octanol–water partition coefficient (Wildman–Crippen LogP) is 1.38. The van der Waals surface area contributed by atoms with E-state index in [0.717, 1.165) is 5.56 Å². The van der Waals surface area contributed by atoms with Crippen molar-refractivity contribution in [1.29, 1.82) is 0 Å². The zero-order chi connectivity index (χ0) is 20.4. The van der Waals surface area contributed by atoms with Crippen LogP contribution < -0.4 is 16.0 Å². The third kappa shape index (κ3) is 7.58. The molecule has 9 heteroatoms. The molecule has 2 rings (SSSR count). The number of benzene rings is 1. The minimum atomic E-state index is -0.641. The maximum absolute atomic E-state index is 12.9. The number of hydrogen-bond donors (Lipinski definition) is 3. The summed E-state index contributed by atoms with van der Waals surface area (Å²) in [5.74, 6) is -0.576. The summed E-state index contributed by atoms with van der Waals surface area (Å²) in [4.78, 5) is 37.3. The highest BCUT2D eigenvalue weighted by Crippen LogP contribution is 2.02. The van der Waals surface area contributed by atoms with Crippen LogP contribution in [0.1, 0.15) is 18.2 Å². The maximum atomic E-state index is 12.9. The molecule has 0 atom stereocenters. The average molecular weight is 390 g/mol. The van der Waals surface area contributed by atoms with Gasteiger partial charge in [-0.3, -0.25) is 19.8 Å². The van der Waals surface area contributed by atoms with Crippen LogP contribution in [-0.4, -0.2) is 42.4 Å². The van der Waals surface area contributed by atoms with Crippen LogP contribution in [0.25, 0.3) is 0 Å². The third-order valence-corrected chi connectivity index (χ3v) is 3.84. The number of carbonyl (C=O) groups is 3. The maximum Gasteiger partial charge on any atom is 0.321 e. The van der Waals surface area contributed by atoms with Gasteiger partial charge in [0.25, 0.3) is 0 Å². The van der Waals surface area contributed by atoms with Crippen molar-refractivity contribution in [2.45, 2.75) is 20.0 Å². The van der Waals surface area contributed by atoms with Gasteiger partial charge in [-0.05, 0) is 36.4 Å². The monoisotopic (exact) mass is 390 g/mol. The Kier molecular flexibility index (Phi) is 8.16. The first kappa shape index (κ1) is 21.1. The number of likely N-dealkylation sites (N-methyl/N-ethyl adjacent to an activating group) is 1. The number of amides is 4. The molecule has 4 amide bonds. The number of hydrogen-bond acceptors (Lipinski definition) is 5. The molecule has 0 bridgehead atoms. The van der Waals surface area contributed by atoms with E-state index in [-0.39, 0.29) is 37.9 Å². The van der Waals surface area contributed by atoms with Gasteiger partial charge in [-0.1, -0.05) is 19.1 Å². The van der Waals surface area contributed by atoms with E-state index in [0.29, 0.717) is 12.3 Å². The number of carbonyl (C=O) groups excluding carboxylic acids is 3. The van der Waals surface area contributed by atoms with Crippen molar-refractivity contribution in [3.63, 3.8) is 0 Å². The molecule has 28 heavy (non-hydrogen) atoms. The van der Waals surface area contributed by atoms with Crippen LogP contribution in [0.4, 0.5) is 9.18 Å². The minimum absolute atomic E-state index is 0.000864. The minimum Gasteiger partial charge on any atom is -0.467 e. The van der Waals surface area contributed by atoms with E-state index in [1.54, 1.807) is 36.1 Å². The zero-order valence-electron chi connectivity index (χ0n) is 15.5. The second-order valence-electron chi connectivity index (χ2n) is 6.02. The number of nitrogens with zero attached hydrogens (tertiary/aromatic N) is 1. The first-order chi connectivity index (χ1) is 13.5. The van der Waals surface area contributed by atoms with E-state index in [9.17, 15) is 18.8 Å². The smallest absolute Gasteiger partial charge is 0.321 e. The fourth-order valence-electron chi connectivity index (χ4n) is 2.34. The van der Waals surface area contributed by atoms with Crippen LogP contribution in [0.2, 0.25) is 0 Å². The topological polar surface area (TPSA) is 104 Å². The van der Waals surface area contributed by atoms with Crippen LogP contribution >= 0.6 is 0 Å². The lowest BCUT2D eigenvalue weighted by Gasteiger charge is -2.19. The molecule has 0 aliphatic rings. The van der Waals surface area contributed by atoms with Crippen molar-refractivity contribution in [2.75, 3.05) is 19.6 Å². The number of halogens is 1. The Morgan fingerprint density at radius 2 is 1.71 bits per heavy atom. The molecule has 0 spiro atoms.